The molecule has 6 nitrogen and oxygen atoms in total. The monoisotopic (exact) mass is 306 g/mol. The smallest absolute Gasteiger partial charge is 0.311 e. The van der Waals surface area contributed by atoms with E-state index in [0.29, 0.717) is 17.6 Å². The number of hydrogen-bond acceptors (Lipinski definition) is 5. The van der Waals surface area contributed by atoms with Gasteiger partial charge in [-0.15, -0.1) is 0 Å². The van der Waals surface area contributed by atoms with Crippen molar-refractivity contribution in [3.8, 4) is 0 Å². The van der Waals surface area contributed by atoms with Gasteiger partial charge in [-0.25, -0.2) is 0 Å². The fourth-order valence-corrected chi connectivity index (χ4v) is 3.87. The molecule has 1 aromatic heterocycles. The molecule has 0 spiro atoms. The van der Waals surface area contributed by atoms with E-state index in [-0.39, 0.29) is 35.4 Å². The van der Waals surface area contributed by atoms with Crippen LogP contribution in [0.1, 0.15) is 55.3 Å². The third kappa shape index (κ3) is 2.51. The zero-order valence-corrected chi connectivity index (χ0v) is 13.2. The largest absolute Gasteiger partial charge is 0.469 e. The first-order chi connectivity index (χ1) is 10.5. The molecule has 6 heteroatoms. The molecule has 0 aliphatic heterocycles. The highest BCUT2D eigenvalue weighted by Crippen LogP contribution is 2.49. The van der Waals surface area contributed by atoms with Crippen LogP contribution in [0.3, 0.4) is 0 Å². The van der Waals surface area contributed by atoms with Gasteiger partial charge in [0.1, 0.15) is 5.76 Å². The molecular weight excluding hydrogens is 284 g/mol. The molecule has 2 fully saturated rings. The average molecular weight is 306 g/mol. The number of nitrogens with one attached hydrogen (secondary N) is 1. The summed E-state index contributed by atoms with van der Waals surface area (Å²) < 4.78 is 10.1. The first-order valence-electron chi connectivity index (χ1n) is 7.86. The van der Waals surface area contributed by atoms with E-state index in [2.05, 4.69) is 10.5 Å². The quantitative estimate of drug-likeness (QED) is 0.862. The Hall–Kier alpha value is -1.85. The zero-order chi connectivity index (χ0) is 15.9. The van der Waals surface area contributed by atoms with Crippen molar-refractivity contribution in [3.05, 3.63) is 17.5 Å². The van der Waals surface area contributed by atoms with Crippen LogP contribution >= 0.6 is 0 Å². The minimum atomic E-state index is -0.276. The summed E-state index contributed by atoms with van der Waals surface area (Å²) in [6.45, 7) is 3.96. The SMILES string of the molecule is COC(=O)[C@@H]1[C@H]2CC[C@@H](C2)[C@@H]1NC(=O)c1cc(C(C)C)on1. The van der Waals surface area contributed by atoms with Crippen LogP contribution in [-0.4, -0.2) is 30.2 Å². The molecule has 2 bridgehead atoms. The fourth-order valence-electron chi connectivity index (χ4n) is 3.87. The molecule has 2 aliphatic carbocycles. The van der Waals surface area contributed by atoms with Crippen molar-refractivity contribution in [2.24, 2.45) is 17.8 Å². The molecule has 1 heterocycles. The highest BCUT2D eigenvalue weighted by atomic mass is 16.5. The maximum atomic E-state index is 12.4. The summed E-state index contributed by atoms with van der Waals surface area (Å²) in [5.74, 6) is 0.814. The Morgan fingerprint density at radius 3 is 2.73 bits per heavy atom. The van der Waals surface area contributed by atoms with Crippen LogP contribution in [0.15, 0.2) is 10.6 Å². The number of aromatic nitrogens is 1. The third-order valence-corrected chi connectivity index (χ3v) is 5.02. The van der Waals surface area contributed by atoms with E-state index in [1.807, 2.05) is 13.8 Å². The fraction of sp³-hybridized carbons (Fsp3) is 0.688. The topological polar surface area (TPSA) is 81.4 Å². The Bertz CT molecular complexity index is 580. The number of methoxy groups -OCH3 is 1. The number of rotatable bonds is 4. The first-order valence-corrected chi connectivity index (χ1v) is 7.86. The van der Waals surface area contributed by atoms with Crippen molar-refractivity contribution in [2.45, 2.75) is 45.1 Å². The standard InChI is InChI=1S/C16H22N2O4/c1-8(2)12-7-11(18-22-12)15(19)17-14-10-5-4-9(6-10)13(14)16(20)21-3/h7-10,13-14H,4-6H2,1-3H3,(H,17,19)/t9-,10-,13+,14-/m0/s1. The molecule has 4 atom stereocenters. The summed E-state index contributed by atoms with van der Waals surface area (Å²) in [6.07, 6.45) is 3.08. The second kappa shape index (κ2) is 5.74. The van der Waals surface area contributed by atoms with Crippen LogP contribution in [0, 0.1) is 17.8 Å². The van der Waals surface area contributed by atoms with Crippen LogP contribution in [-0.2, 0) is 9.53 Å². The Morgan fingerprint density at radius 2 is 2.09 bits per heavy atom. The van der Waals surface area contributed by atoms with Gasteiger partial charge in [-0.2, -0.15) is 0 Å². The summed E-state index contributed by atoms with van der Waals surface area (Å²) >= 11 is 0. The maximum absolute atomic E-state index is 12.4. The van der Waals surface area contributed by atoms with Crippen molar-refractivity contribution in [2.75, 3.05) is 7.11 Å². The molecule has 0 radical (unpaired) electrons. The average Bonchev–Trinajstić information content (AvgIpc) is 3.21. The van der Waals surface area contributed by atoms with Crippen LogP contribution in [0.5, 0.6) is 0 Å². The highest BCUT2D eigenvalue weighted by molar-refractivity contribution is 5.93. The van der Waals surface area contributed by atoms with Crippen LogP contribution in [0.4, 0.5) is 0 Å². The van der Waals surface area contributed by atoms with E-state index in [4.69, 9.17) is 9.26 Å². The Morgan fingerprint density at radius 1 is 1.36 bits per heavy atom. The van der Waals surface area contributed by atoms with Gasteiger partial charge in [0.2, 0.25) is 0 Å². The molecule has 1 aromatic rings. The Balaban J connectivity index is 1.73. The summed E-state index contributed by atoms with van der Waals surface area (Å²) in [4.78, 5) is 24.4. The molecular formula is C16H22N2O4. The van der Waals surface area contributed by atoms with Crippen LogP contribution < -0.4 is 5.32 Å². The summed E-state index contributed by atoms with van der Waals surface area (Å²) in [5.41, 5.74) is 0.273. The molecule has 120 valence electrons. The lowest BCUT2D eigenvalue weighted by atomic mass is 9.84. The predicted molar refractivity (Wildman–Crippen MR) is 78.2 cm³/mol. The van der Waals surface area contributed by atoms with Crippen molar-refractivity contribution >= 4 is 11.9 Å². The number of hydrogen-bond donors (Lipinski definition) is 1. The summed E-state index contributed by atoms with van der Waals surface area (Å²) in [5, 5.41) is 6.81. The summed E-state index contributed by atoms with van der Waals surface area (Å²) in [7, 11) is 1.40. The van der Waals surface area contributed by atoms with Crippen molar-refractivity contribution in [3.63, 3.8) is 0 Å². The number of nitrogens with zero attached hydrogens (tertiary/aromatic N) is 1. The second-order valence-electron chi connectivity index (χ2n) is 6.65. The Labute approximate surface area is 129 Å². The number of esters is 1. The molecule has 0 aromatic carbocycles. The van der Waals surface area contributed by atoms with Gasteiger partial charge in [-0.1, -0.05) is 19.0 Å². The van der Waals surface area contributed by atoms with Gasteiger partial charge in [-0.3, -0.25) is 9.59 Å². The number of carbonyl (C=O) groups excluding carboxylic acids is 2. The minimum absolute atomic E-state index is 0.155. The molecule has 3 rings (SSSR count). The number of amides is 1. The second-order valence-corrected chi connectivity index (χ2v) is 6.65. The third-order valence-electron chi connectivity index (χ3n) is 5.02. The van der Waals surface area contributed by atoms with Gasteiger partial charge in [0.05, 0.1) is 13.0 Å². The van der Waals surface area contributed by atoms with E-state index in [9.17, 15) is 9.59 Å². The molecule has 0 unspecified atom stereocenters. The molecule has 22 heavy (non-hydrogen) atoms. The van der Waals surface area contributed by atoms with Crippen molar-refractivity contribution < 1.29 is 18.8 Å². The minimum Gasteiger partial charge on any atom is -0.469 e. The summed E-state index contributed by atoms with van der Waals surface area (Å²) in [6, 6.07) is 1.51. The lowest BCUT2D eigenvalue weighted by molar-refractivity contribution is -0.148. The molecule has 1 N–H and O–H groups in total. The predicted octanol–water partition coefficient (Wildman–Crippen LogP) is 2.12. The highest BCUT2D eigenvalue weighted by Gasteiger charge is 2.52. The molecule has 2 saturated carbocycles. The van der Waals surface area contributed by atoms with E-state index < -0.39 is 0 Å². The van der Waals surface area contributed by atoms with Gasteiger partial charge in [-0.05, 0) is 31.1 Å². The van der Waals surface area contributed by atoms with Gasteiger partial charge in [0.15, 0.2) is 5.69 Å². The molecule has 1 amide bonds. The van der Waals surface area contributed by atoms with Gasteiger partial charge in [0, 0.05) is 18.0 Å². The van der Waals surface area contributed by atoms with Gasteiger partial charge >= 0.3 is 5.97 Å². The van der Waals surface area contributed by atoms with Crippen molar-refractivity contribution in [1.29, 1.82) is 0 Å². The lowest BCUT2D eigenvalue weighted by Gasteiger charge is -2.29. The van der Waals surface area contributed by atoms with Crippen molar-refractivity contribution in [1.82, 2.24) is 10.5 Å². The lowest BCUT2D eigenvalue weighted by Crippen LogP contribution is -2.47. The normalized spacial score (nSPS) is 29.8. The first kappa shape index (κ1) is 15.1. The van der Waals surface area contributed by atoms with Gasteiger partial charge < -0.3 is 14.6 Å². The van der Waals surface area contributed by atoms with Crippen LogP contribution in [0.25, 0.3) is 0 Å². The van der Waals surface area contributed by atoms with E-state index in [1.165, 1.54) is 7.11 Å². The van der Waals surface area contributed by atoms with Gasteiger partial charge in [0.25, 0.3) is 5.91 Å². The maximum Gasteiger partial charge on any atom is 0.311 e. The number of ether oxygens (including phenoxy) is 1. The number of fused-ring (bicyclic) bond motifs is 2. The van der Waals surface area contributed by atoms with E-state index in [0.717, 1.165) is 19.3 Å². The number of carbonyl (C=O) groups is 2. The van der Waals surface area contributed by atoms with E-state index >= 15 is 0 Å². The van der Waals surface area contributed by atoms with Crippen LogP contribution in [0.2, 0.25) is 0 Å². The Kier molecular flexibility index (Phi) is 3.93. The molecule has 0 saturated heterocycles. The zero-order valence-electron chi connectivity index (χ0n) is 13.2. The van der Waals surface area contributed by atoms with E-state index in [1.54, 1.807) is 6.07 Å². The molecule has 2 aliphatic rings.